The number of fused-ring (bicyclic) bond motifs is 1. The summed E-state index contributed by atoms with van der Waals surface area (Å²) < 4.78 is 41.4. The van der Waals surface area contributed by atoms with Crippen LogP contribution in [-0.4, -0.2) is 38.1 Å². The largest absolute Gasteiger partial charge is 0.493 e. The van der Waals surface area contributed by atoms with Gasteiger partial charge in [0.25, 0.3) is 0 Å². The van der Waals surface area contributed by atoms with E-state index in [1.807, 2.05) is 30.5 Å². The second-order valence-electron chi connectivity index (χ2n) is 6.71. The predicted molar refractivity (Wildman–Crippen MR) is 111 cm³/mol. The zero-order chi connectivity index (χ0) is 20.6. The molecule has 0 amide bonds. The van der Waals surface area contributed by atoms with Gasteiger partial charge in [-0.2, -0.15) is 4.31 Å². The van der Waals surface area contributed by atoms with Crippen molar-refractivity contribution < 1.29 is 17.9 Å². The quantitative estimate of drug-likeness (QED) is 0.612. The van der Waals surface area contributed by atoms with Gasteiger partial charge in [0.2, 0.25) is 10.0 Å². The molecule has 0 radical (unpaired) electrons. The fourth-order valence-corrected chi connectivity index (χ4v) is 5.44. The van der Waals surface area contributed by atoms with Crippen molar-refractivity contribution in [3.05, 3.63) is 77.1 Å². The summed E-state index contributed by atoms with van der Waals surface area (Å²) >= 11 is 6.05. The molecule has 8 heteroatoms. The number of benzene rings is 2. The molecule has 1 aliphatic rings. The van der Waals surface area contributed by atoms with E-state index in [-0.39, 0.29) is 4.90 Å². The highest BCUT2D eigenvalue weighted by atomic mass is 35.5. The number of halogens is 1. The molecule has 2 aromatic carbocycles. The molecule has 152 valence electrons. The first-order valence-electron chi connectivity index (χ1n) is 9.10. The predicted octanol–water partition coefficient (Wildman–Crippen LogP) is 3.95. The maximum Gasteiger partial charge on any atom is 0.244 e. The monoisotopic (exact) mass is 432 g/mol. The van der Waals surface area contributed by atoms with Crippen LogP contribution in [0.3, 0.4) is 0 Å². The van der Waals surface area contributed by atoms with Gasteiger partial charge in [0.1, 0.15) is 0 Å². The van der Waals surface area contributed by atoms with E-state index < -0.39 is 16.1 Å². The first kappa shape index (κ1) is 19.8. The van der Waals surface area contributed by atoms with Crippen LogP contribution in [0, 0.1) is 0 Å². The van der Waals surface area contributed by atoms with E-state index in [1.165, 1.54) is 24.6 Å². The van der Waals surface area contributed by atoms with E-state index in [0.29, 0.717) is 29.6 Å². The van der Waals surface area contributed by atoms with E-state index in [9.17, 15) is 8.42 Å². The topological polar surface area (TPSA) is 60.8 Å². The Hall–Kier alpha value is -2.48. The van der Waals surface area contributed by atoms with Gasteiger partial charge < -0.3 is 14.0 Å². The van der Waals surface area contributed by atoms with Gasteiger partial charge in [-0.25, -0.2) is 8.42 Å². The van der Waals surface area contributed by atoms with Gasteiger partial charge in [-0.3, -0.25) is 0 Å². The first-order valence-corrected chi connectivity index (χ1v) is 10.9. The summed E-state index contributed by atoms with van der Waals surface area (Å²) in [6.45, 7) is 0.935. The molecule has 4 rings (SSSR count). The third-order valence-electron chi connectivity index (χ3n) is 5.14. The van der Waals surface area contributed by atoms with Crippen LogP contribution in [0.25, 0.3) is 0 Å². The van der Waals surface area contributed by atoms with Crippen LogP contribution < -0.4 is 9.47 Å². The smallest absolute Gasteiger partial charge is 0.244 e. The molecule has 1 aromatic heterocycles. The van der Waals surface area contributed by atoms with Crippen molar-refractivity contribution in [2.75, 3.05) is 20.8 Å². The lowest BCUT2D eigenvalue weighted by Gasteiger charge is -2.36. The Labute approximate surface area is 175 Å². The summed E-state index contributed by atoms with van der Waals surface area (Å²) in [4.78, 5) is 0.161. The first-order chi connectivity index (χ1) is 14.0. The van der Waals surface area contributed by atoms with Gasteiger partial charge in [0, 0.05) is 36.1 Å². The lowest BCUT2D eigenvalue weighted by Crippen LogP contribution is -2.42. The number of aromatic nitrogens is 1. The molecule has 6 nitrogen and oxygen atoms in total. The van der Waals surface area contributed by atoms with E-state index in [4.69, 9.17) is 21.1 Å². The SMILES string of the molecule is COc1ccc(S(=O)(=O)N2CCn3cccc3[C@@H]2c2ccc(Cl)cc2)cc1OC. The van der Waals surface area contributed by atoms with E-state index in [0.717, 1.165) is 11.3 Å². The Kier molecular flexibility index (Phi) is 5.29. The maximum atomic E-state index is 13.6. The minimum Gasteiger partial charge on any atom is -0.493 e. The summed E-state index contributed by atoms with van der Waals surface area (Å²) in [6, 6.07) is 15.4. The lowest BCUT2D eigenvalue weighted by atomic mass is 10.0. The molecule has 0 aliphatic carbocycles. The van der Waals surface area contributed by atoms with Crippen molar-refractivity contribution in [2.24, 2.45) is 0 Å². The molecule has 29 heavy (non-hydrogen) atoms. The molecule has 0 saturated heterocycles. The second kappa shape index (κ2) is 7.74. The average Bonchev–Trinajstić information content (AvgIpc) is 3.22. The van der Waals surface area contributed by atoms with E-state index in [2.05, 4.69) is 4.57 Å². The van der Waals surface area contributed by atoms with Crippen LogP contribution in [0.1, 0.15) is 17.3 Å². The van der Waals surface area contributed by atoms with Gasteiger partial charge in [0.05, 0.1) is 25.2 Å². The molecule has 1 atom stereocenters. The van der Waals surface area contributed by atoms with Crippen molar-refractivity contribution >= 4 is 21.6 Å². The van der Waals surface area contributed by atoms with Crippen LogP contribution in [0.2, 0.25) is 5.02 Å². The fourth-order valence-electron chi connectivity index (χ4n) is 3.72. The van der Waals surface area contributed by atoms with Crippen LogP contribution in [-0.2, 0) is 16.6 Å². The van der Waals surface area contributed by atoms with Gasteiger partial charge >= 0.3 is 0 Å². The molecule has 0 unspecified atom stereocenters. The molecule has 1 aliphatic heterocycles. The standard InChI is InChI=1S/C21H21ClN2O4S/c1-27-19-10-9-17(14-20(19)28-2)29(25,26)24-13-12-23-11-3-4-18(23)21(24)15-5-7-16(22)8-6-15/h3-11,14,21H,12-13H2,1-2H3/t21-/m0/s1. The molecule has 2 heterocycles. The number of rotatable bonds is 5. The summed E-state index contributed by atoms with van der Waals surface area (Å²) in [5, 5.41) is 0.606. The Morgan fingerprint density at radius 2 is 1.69 bits per heavy atom. The van der Waals surface area contributed by atoms with Crippen molar-refractivity contribution in [3.63, 3.8) is 0 Å². The molecular formula is C21H21ClN2O4S. The highest BCUT2D eigenvalue weighted by Gasteiger charge is 2.37. The zero-order valence-corrected chi connectivity index (χ0v) is 17.7. The number of sulfonamides is 1. The highest BCUT2D eigenvalue weighted by molar-refractivity contribution is 7.89. The normalized spacial score (nSPS) is 17.0. The van der Waals surface area contributed by atoms with Crippen molar-refractivity contribution in [1.29, 1.82) is 0 Å². The average molecular weight is 433 g/mol. The van der Waals surface area contributed by atoms with E-state index >= 15 is 0 Å². The fraction of sp³-hybridized carbons (Fsp3) is 0.238. The second-order valence-corrected chi connectivity index (χ2v) is 9.04. The Morgan fingerprint density at radius 1 is 0.966 bits per heavy atom. The summed E-state index contributed by atoms with van der Waals surface area (Å²) in [5.74, 6) is 0.852. The number of methoxy groups -OCH3 is 2. The van der Waals surface area contributed by atoms with E-state index in [1.54, 1.807) is 24.3 Å². The van der Waals surface area contributed by atoms with Crippen molar-refractivity contribution in [3.8, 4) is 11.5 Å². The summed E-state index contributed by atoms with van der Waals surface area (Å²) in [5.41, 5.74) is 1.78. The number of hydrogen-bond acceptors (Lipinski definition) is 4. The number of hydrogen-bond donors (Lipinski definition) is 0. The molecule has 0 saturated carbocycles. The van der Waals surface area contributed by atoms with Gasteiger partial charge in [-0.1, -0.05) is 23.7 Å². The minimum atomic E-state index is -3.80. The van der Waals surface area contributed by atoms with Gasteiger partial charge in [0.15, 0.2) is 11.5 Å². The summed E-state index contributed by atoms with van der Waals surface area (Å²) in [6.07, 6.45) is 1.97. The lowest BCUT2D eigenvalue weighted by molar-refractivity contribution is 0.298. The molecule has 0 spiro atoms. The van der Waals surface area contributed by atoms with Crippen LogP contribution in [0.15, 0.2) is 65.7 Å². The van der Waals surface area contributed by atoms with Crippen LogP contribution >= 0.6 is 11.6 Å². The number of nitrogens with zero attached hydrogens (tertiary/aromatic N) is 2. The Morgan fingerprint density at radius 3 is 2.38 bits per heavy atom. The minimum absolute atomic E-state index is 0.161. The molecule has 3 aromatic rings. The third kappa shape index (κ3) is 3.50. The van der Waals surface area contributed by atoms with Gasteiger partial charge in [-0.15, -0.1) is 0 Å². The number of ether oxygens (including phenoxy) is 2. The molecular weight excluding hydrogens is 412 g/mol. The Balaban J connectivity index is 1.82. The third-order valence-corrected chi connectivity index (χ3v) is 7.25. The highest BCUT2D eigenvalue weighted by Crippen LogP contribution is 2.38. The molecule has 0 bridgehead atoms. The zero-order valence-electron chi connectivity index (χ0n) is 16.1. The molecule has 0 N–H and O–H groups in total. The van der Waals surface area contributed by atoms with Gasteiger partial charge in [-0.05, 0) is 42.0 Å². The van der Waals surface area contributed by atoms with Crippen molar-refractivity contribution in [1.82, 2.24) is 8.87 Å². The Bertz CT molecular complexity index is 1130. The maximum absolute atomic E-state index is 13.6. The van der Waals surface area contributed by atoms with Crippen molar-refractivity contribution in [2.45, 2.75) is 17.5 Å². The van der Waals surface area contributed by atoms with Crippen LogP contribution in [0.5, 0.6) is 11.5 Å². The molecule has 0 fully saturated rings. The van der Waals surface area contributed by atoms with Crippen LogP contribution in [0.4, 0.5) is 0 Å². The summed E-state index contributed by atoms with van der Waals surface area (Å²) in [7, 11) is -0.796.